The van der Waals surface area contributed by atoms with Gasteiger partial charge in [-0.15, -0.1) is 0 Å². The average molecular weight is 547 g/mol. The van der Waals surface area contributed by atoms with Gasteiger partial charge in [0.15, 0.2) is 0 Å². The van der Waals surface area contributed by atoms with Crippen molar-refractivity contribution in [1.29, 1.82) is 0 Å². The van der Waals surface area contributed by atoms with E-state index in [1.807, 2.05) is 24.3 Å². The number of hydrogen-bond donors (Lipinski definition) is 1. The van der Waals surface area contributed by atoms with E-state index >= 15 is 0 Å². The van der Waals surface area contributed by atoms with Crippen molar-refractivity contribution < 1.29 is 22.8 Å². The normalized spacial score (nSPS) is 21.3. The van der Waals surface area contributed by atoms with E-state index in [1.165, 1.54) is 21.3 Å². The fraction of sp³-hybridized carbons (Fsp3) is 0.423. The summed E-state index contributed by atoms with van der Waals surface area (Å²) in [6.07, 6.45) is 0. The quantitative estimate of drug-likeness (QED) is 0.580. The topological polar surface area (TPSA) is 107 Å². The number of imide groups is 1. The summed E-state index contributed by atoms with van der Waals surface area (Å²) in [5.74, 6) is -0.931. The Morgan fingerprint density at radius 1 is 1.00 bits per heavy atom. The number of piperazine rings is 1. The highest BCUT2D eigenvalue weighted by Gasteiger charge is 2.50. The van der Waals surface area contributed by atoms with Crippen LogP contribution >= 0.6 is 11.6 Å². The molecule has 2 aromatic carbocycles. The molecule has 0 unspecified atom stereocenters. The van der Waals surface area contributed by atoms with E-state index in [9.17, 15) is 22.8 Å². The highest BCUT2D eigenvalue weighted by atomic mass is 35.5. The highest BCUT2D eigenvalue weighted by Crippen LogP contribution is 2.31. The molecule has 0 aliphatic carbocycles. The van der Waals surface area contributed by atoms with Crippen molar-refractivity contribution in [3.63, 3.8) is 0 Å². The lowest BCUT2D eigenvalue weighted by Crippen LogP contribution is -2.53. The first-order valence-corrected chi connectivity index (χ1v) is 13.8. The van der Waals surface area contributed by atoms with Crippen molar-refractivity contribution >= 4 is 39.5 Å². The number of halogens is 1. The van der Waals surface area contributed by atoms with E-state index in [-0.39, 0.29) is 41.5 Å². The van der Waals surface area contributed by atoms with Crippen molar-refractivity contribution in [2.45, 2.75) is 43.5 Å². The number of carbonyl (C=O) groups excluding carboxylic acids is 3. The first kappa shape index (κ1) is 27.1. The molecule has 2 aliphatic heterocycles. The van der Waals surface area contributed by atoms with Crippen molar-refractivity contribution in [1.82, 2.24) is 19.4 Å². The summed E-state index contributed by atoms with van der Waals surface area (Å²) in [4.78, 5) is 41.4. The molecule has 4 rings (SSSR count). The summed E-state index contributed by atoms with van der Waals surface area (Å²) in [6.45, 7) is 7.91. The summed E-state index contributed by atoms with van der Waals surface area (Å²) in [6, 6.07) is 13.1. The Balaban J connectivity index is 1.41. The maximum atomic E-state index is 13.3. The average Bonchev–Trinajstić information content (AvgIpc) is 3.07. The third kappa shape index (κ3) is 5.10. The van der Waals surface area contributed by atoms with Gasteiger partial charge in [0.25, 0.3) is 5.91 Å². The number of carbonyl (C=O) groups is 3. The standard InChI is InChI=1S/C26H31ClN4O5S/c1-25(2,3)18-9-11-19(12-10-18)26(4)23(33)31(24(34)28-26)17-22(32)29-13-15-30(16-14-29)37(35,36)21-8-6-5-7-20(21)27/h5-12H,13-17H2,1-4H3,(H,28,34)/t26-/m1/s1. The van der Waals surface area contributed by atoms with Crippen molar-refractivity contribution in [2.24, 2.45) is 0 Å². The molecule has 0 radical (unpaired) electrons. The zero-order chi connectivity index (χ0) is 27.2. The van der Waals surface area contributed by atoms with Gasteiger partial charge in [-0.2, -0.15) is 4.31 Å². The van der Waals surface area contributed by atoms with Crippen LogP contribution in [0.1, 0.15) is 38.8 Å². The van der Waals surface area contributed by atoms with Crippen molar-refractivity contribution in [3.8, 4) is 0 Å². The molecule has 2 heterocycles. The van der Waals surface area contributed by atoms with Gasteiger partial charge in [0, 0.05) is 26.2 Å². The Morgan fingerprint density at radius 3 is 2.16 bits per heavy atom. The van der Waals surface area contributed by atoms with Gasteiger partial charge in [0.05, 0.1) is 5.02 Å². The van der Waals surface area contributed by atoms with Crippen LogP contribution in [0.3, 0.4) is 0 Å². The molecule has 0 bridgehead atoms. The second-order valence-corrected chi connectivity index (χ2v) is 12.8. The Kier molecular flexibility index (Phi) is 7.13. The smallest absolute Gasteiger partial charge is 0.325 e. The summed E-state index contributed by atoms with van der Waals surface area (Å²) in [5.41, 5.74) is 0.388. The van der Waals surface area contributed by atoms with Gasteiger partial charge in [0.1, 0.15) is 17.0 Å². The summed E-state index contributed by atoms with van der Waals surface area (Å²) in [7, 11) is -3.81. The van der Waals surface area contributed by atoms with Crippen LogP contribution in [-0.4, -0.2) is 73.1 Å². The number of nitrogens with zero attached hydrogens (tertiary/aromatic N) is 3. The number of sulfonamides is 1. The van der Waals surface area contributed by atoms with Crippen LogP contribution in [0.4, 0.5) is 4.79 Å². The number of nitrogens with one attached hydrogen (secondary N) is 1. The van der Waals surface area contributed by atoms with Crippen molar-refractivity contribution in [3.05, 3.63) is 64.7 Å². The zero-order valence-corrected chi connectivity index (χ0v) is 22.9. The number of benzene rings is 2. The van der Waals surface area contributed by atoms with Crippen LogP contribution in [0.5, 0.6) is 0 Å². The molecule has 4 amide bonds. The summed E-state index contributed by atoms with van der Waals surface area (Å²) >= 11 is 6.08. The van der Waals surface area contributed by atoms with Crippen LogP contribution in [0.25, 0.3) is 0 Å². The second-order valence-electron chi connectivity index (χ2n) is 10.5. The lowest BCUT2D eigenvalue weighted by molar-refractivity contribution is -0.139. The molecule has 37 heavy (non-hydrogen) atoms. The minimum atomic E-state index is -3.81. The van der Waals surface area contributed by atoms with Crippen molar-refractivity contribution in [2.75, 3.05) is 32.7 Å². The zero-order valence-electron chi connectivity index (χ0n) is 21.3. The monoisotopic (exact) mass is 546 g/mol. The molecular weight excluding hydrogens is 516 g/mol. The maximum absolute atomic E-state index is 13.3. The molecule has 9 nitrogen and oxygen atoms in total. The first-order valence-electron chi connectivity index (χ1n) is 12.0. The fourth-order valence-electron chi connectivity index (χ4n) is 4.55. The van der Waals surface area contributed by atoms with E-state index < -0.39 is 40.0 Å². The van der Waals surface area contributed by atoms with Crippen LogP contribution in [0, 0.1) is 0 Å². The first-order chi connectivity index (χ1) is 17.2. The van der Waals surface area contributed by atoms with Gasteiger partial charge in [-0.05, 0) is 35.6 Å². The maximum Gasteiger partial charge on any atom is 0.325 e. The molecule has 0 saturated carbocycles. The van der Waals surface area contributed by atoms with Gasteiger partial charge >= 0.3 is 6.03 Å². The van der Waals surface area contributed by atoms with E-state index in [4.69, 9.17) is 11.6 Å². The Bertz CT molecular complexity index is 1330. The fourth-order valence-corrected chi connectivity index (χ4v) is 6.46. The minimum Gasteiger partial charge on any atom is -0.338 e. The van der Waals surface area contributed by atoms with E-state index in [1.54, 1.807) is 19.1 Å². The molecule has 2 aliphatic rings. The van der Waals surface area contributed by atoms with Gasteiger partial charge in [-0.1, -0.05) is 68.8 Å². The molecule has 11 heteroatoms. The van der Waals surface area contributed by atoms with Crippen LogP contribution in [0.2, 0.25) is 5.02 Å². The number of urea groups is 1. The van der Waals surface area contributed by atoms with Crippen LogP contribution in [0.15, 0.2) is 53.4 Å². The van der Waals surface area contributed by atoms with E-state index in [0.29, 0.717) is 5.56 Å². The van der Waals surface area contributed by atoms with Crippen LogP contribution in [-0.2, 0) is 30.6 Å². The molecule has 1 N–H and O–H groups in total. The molecule has 0 aromatic heterocycles. The Morgan fingerprint density at radius 2 is 1.59 bits per heavy atom. The van der Waals surface area contributed by atoms with Gasteiger partial charge in [-0.3, -0.25) is 14.5 Å². The molecule has 2 fully saturated rings. The molecule has 2 saturated heterocycles. The molecule has 2 aromatic rings. The number of amides is 4. The predicted octanol–water partition coefficient (Wildman–Crippen LogP) is 2.94. The molecule has 0 spiro atoms. The van der Waals surface area contributed by atoms with Gasteiger partial charge < -0.3 is 10.2 Å². The van der Waals surface area contributed by atoms with Gasteiger partial charge in [0.2, 0.25) is 15.9 Å². The van der Waals surface area contributed by atoms with Gasteiger partial charge in [-0.25, -0.2) is 13.2 Å². The Hall–Kier alpha value is -2.95. The number of rotatable bonds is 5. The molecule has 198 valence electrons. The lowest BCUT2D eigenvalue weighted by atomic mass is 9.84. The second kappa shape index (κ2) is 9.74. The third-order valence-electron chi connectivity index (χ3n) is 6.94. The number of hydrogen-bond acceptors (Lipinski definition) is 5. The lowest BCUT2D eigenvalue weighted by Gasteiger charge is -2.34. The minimum absolute atomic E-state index is 0.0191. The van der Waals surface area contributed by atoms with Crippen LogP contribution < -0.4 is 5.32 Å². The SMILES string of the molecule is CC(C)(C)c1ccc([C@@]2(C)NC(=O)N(CC(=O)N3CCN(S(=O)(=O)c4ccccc4Cl)CC3)C2=O)cc1. The Labute approximate surface area is 222 Å². The van der Waals surface area contributed by atoms with E-state index in [0.717, 1.165) is 10.5 Å². The molecule has 1 atom stereocenters. The molecular formula is C26H31ClN4O5S. The van der Waals surface area contributed by atoms with E-state index in [2.05, 4.69) is 26.1 Å². The predicted molar refractivity (Wildman–Crippen MR) is 140 cm³/mol. The summed E-state index contributed by atoms with van der Waals surface area (Å²) in [5, 5.41) is 2.86. The largest absolute Gasteiger partial charge is 0.338 e. The highest BCUT2D eigenvalue weighted by molar-refractivity contribution is 7.89. The summed E-state index contributed by atoms with van der Waals surface area (Å²) < 4.78 is 27.2. The third-order valence-corrected chi connectivity index (χ3v) is 9.34.